The minimum absolute atomic E-state index is 0.0560. The normalized spacial score (nSPS) is 10.2. The van der Waals surface area contributed by atoms with Gasteiger partial charge in [0.2, 0.25) is 0 Å². The second kappa shape index (κ2) is 8.49. The summed E-state index contributed by atoms with van der Waals surface area (Å²) in [6, 6.07) is 1.89. The number of nitrogens with zero attached hydrogens (tertiary/aromatic N) is 3. The lowest BCUT2D eigenvalue weighted by atomic mass is 10.1. The largest absolute Gasteiger partial charge is 0.364 e. The third kappa shape index (κ3) is 4.42. The fraction of sp³-hybridized carbons (Fsp3) is 0.417. The Hall–Kier alpha value is -2.13. The summed E-state index contributed by atoms with van der Waals surface area (Å²) in [5.74, 6) is -0.384. The molecular weight excluding hydrogens is 351 g/mol. The average Bonchev–Trinajstić information content (AvgIpc) is 2.52. The first kappa shape index (κ1) is 18.9. The fourth-order valence-electron chi connectivity index (χ4n) is 1.99. The molecule has 0 fully saturated rings. The van der Waals surface area contributed by atoms with Gasteiger partial charge >= 0.3 is 0 Å². The maximum atomic E-state index is 11.9. The van der Waals surface area contributed by atoms with Gasteiger partial charge in [0.15, 0.2) is 0 Å². The number of carbonyl (C=O) groups excluding carboxylic acids is 1. The molecule has 0 bridgehead atoms. The highest BCUT2D eigenvalue weighted by atomic mass is 35.5. The van der Waals surface area contributed by atoms with E-state index in [9.17, 15) is 25.0 Å². The quantitative estimate of drug-likeness (QED) is 0.428. The van der Waals surface area contributed by atoms with Gasteiger partial charge in [0.05, 0.1) is 15.9 Å². The van der Waals surface area contributed by atoms with Crippen molar-refractivity contribution in [2.45, 2.75) is 0 Å². The molecule has 126 valence electrons. The zero-order chi connectivity index (χ0) is 17.6. The molecule has 0 heterocycles. The summed E-state index contributed by atoms with van der Waals surface area (Å²) in [7, 11) is 1.31. The van der Waals surface area contributed by atoms with E-state index < -0.39 is 27.1 Å². The minimum Gasteiger partial charge on any atom is -0.364 e. The molecule has 11 heteroatoms. The molecule has 1 N–H and O–H groups in total. The van der Waals surface area contributed by atoms with E-state index in [1.54, 1.807) is 0 Å². The molecule has 0 aromatic heterocycles. The van der Waals surface area contributed by atoms with Crippen LogP contribution in [0.25, 0.3) is 0 Å². The van der Waals surface area contributed by atoms with E-state index in [1.807, 2.05) is 0 Å². The van der Waals surface area contributed by atoms with E-state index in [0.29, 0.717) is 0 Å². The number of benzene rings is 1. The van der Waals surface area contributed by atoms with Crippen LogP contribution in [0.3, 0.4) is 0 Å². The van der Waals surface area contributed by atoms with Gasteiger partial charge in [-0.1, -0.05) is 0 Å². The van der Waals surface area contributed by atoms with Gasteiger partial charge in [-0.3, -0.25) is 25.0 Å². The molecule has 1 rings (SSSR count). The summed E-state index contributed by atoms with van der Waals surface area (Å²) in [6.45, 7) is 0.472. The lowest BCUT2D eigenvalue weighted by molar-refractivity contribution is -0.393. The molecule has 1 amide bonds. The number of hydrogen-bond donors (Lipinski definition) is 1. The van der Waals surface area contributed by atoms with E-state index in [2.05, 4.69) is 5.32 Å². The molecule has 0 radical (unpaired) electrons. The first-order valence-corrected chi connectivity index (χ1v) is 7.50. The molecule has 0 saturated heterocycles. The number of hydrogen-bond acceptors (Lipinski definition) is 6. The lowest BCUT2D eigenvalue weighted by Gasteiger charge is -2.23. The molecule has 0 spiro atoms. The van der Waals surface area contributed by atoms with Crippen LogP contribution in [0.5, 0.6) is 0 Å². The highest BCUT2D eigenvalue weighted by Gasteiger charge is 2.29. The number of halogens is 2. The van der Waals surface area contributed by atoms with Crippen LogP contribution in [0.2, 0.25) is 0 Å². The number of amides is 1. The van der Waals surface area contributed by atoms with E-state index >= 15 is 0 Å². The smallest absolute Gasteiger partial charge is 0.299 e. The Morgan fingerprint density at radius 1 is 1.13 bits per heavy atom. The SMILES string of the molecule is CNC(=O)c1cc(N(CCCl)CCCl)c([N+](=O)[O-])cc1[N+](=O)[O-]. The summed E-state index contributed by atoms with van der Waals surface area (Å²) in [4.78, 5) is 34.1. The van der Waals surface area contributed by atoms with Crippen molar-refractivity contribution in [2.24, 2.45) is 0 Å². The van der Waals surface area contributed by atoms with Crippen molar-refractivity contribution in [2.75, 3.05) is 36.8 Å². The highest BCUT2D eigenvalue weighted by Crippen LogP contribution is 2.35. The first-order chi connectivity index (χ1) is 10.9. The standard InChI is InChI=1S/C12H14Cl2N4O5/c1-15-12(19)8-6-10(16(4-2-13)5-3-14)11(18(22)23)7-9(8)17(20)21/h6-7H,2-5H2,1H3,(H,15,19). The lowest BCUT2D eigenvalue weighted by Crippen LogP contribution is -2.29. The average molecular weight is 365 g/mol. The van der Waals surface area contributed by atoms with E-state index in [1.165, 1.54) is 11.9 Å². The number of carbonyl (C=O) groups is 1. The molecule has 9 nitrogen and oxygen atoms in total. The van der Waals surface area contributed by atoms with Gasteiger partial charge in [-0.05, 0) is 6.07 Å². The second-order valence-corrected chi connectivity index (χ2v) is 5.07. The fourth-order valence-corrected chi connectivity index (χ4v) is 2.40. The number of nitro groups is 2. The summed E-state index contributed by atoms with van der Waals surface area (Å²) in [5.41, 5.74) is -1.34. The maximum absolute atomic E-state index is 11.9. The Morgan fingerprint density at radius 2 is 1.65 bits per heavy atom. The van der Waals surface area contributed by atoms with Crippen molar-refractivity contribution in [1.29, 1.82) is 0 Å². The number of nitro benzene ring substituents is 2. The van der Waals surface area contributed by atoms with Crippen LogP contribution in [0.1, 0.15) is 10.4 Å². The summed E-state index contributed by atoms with van der Waals surface area (Å²) < 4.78 is 0. The third-order valence-corrected chi connectivity index (χ3v) is 3.35. The molecule has 0 saturated carbocycles. The van der Waals surface area contributed by atoms with Gasteiger partial charge in [0.25, 0.3) is 17.3 Å². The topological polar surface area (TPSA) is 119 Å². The Labute approximate surface area is 141 Å². The Balaban J connectivity index is 3.61. The first-order valence-electron chi connectivity index (χ1n) is 6.43. The van der Waals surface area contributed by atoms with Gasteiger partial charge in [-0.25, -0.2) is 0 Å². The van der Waals surface area contributed by atoms with Gasteiger partial charge < -0.3 is 10.2 Å². The molecule has 1 aromatic carbocycles. The summed E-state index contributed by atoms with van der Waals surface area (Å²) in [6.07, 6.45) is 0. The second-order valence-electron chi connectivity index (χ2n) is 4.32. The van der Waals surface area contributed by atoms with Crippen LogP contribution in [0.15, 0.2) is 12.1 Å². The molecule has 0 aliphatic carbocycles. The van der Waals surface area contributed by atoms with Gasteiger partial charge in [0.1, 0.15) is 11.3 Å². The van der Waals surface area contributed by atoms with Crippen molar-refractivity contribution in [3.8, 4) is 0 Å². The van der Waals surface area contributed by atoms with Crippen molar-refractivity contribution in [3.05, 3.63) is 37.9 Å². The number of anilines is 1. The van der Waals surface area contributed by atoms with Crippen LogP contribution in [0, 0.1) is 20.2 Å². The summed E-state index contributed by atoms with van der Waals surface area (Å²) in [5, 5.41) is 24.6. The Bertz CT molecular complexity index is 620. The van der Waals surface area contributed by atoms with Crippen molar-refractivity contribution in [3.63, 3.8) is 0 Å². The van der Waals surface area contributed by atoms with E-state index in [0.717, 1.165) is 12.1 Å². The Kier molecular flexibility index (Phi) is 6.98. The van der Waals surface area contributed by atoms with E-state index in [4.69, 9.17) is 23.2 Å². The molecular formula is C12H14Cl2N4O5. The van der Waals surface area contributed by atoms with Crippen LogP contribution in [-0.4, -0.2) is 47.7 Å². The predicted octanol–water partition coefficient (Wildman–Crippen LogP) is 2.15. The number of alkyl halides is 2. The predicted molar refractivity (Wildman–Crippen MR) is 86.8 cm³/mol. The highest BCUT2D eigenvalue weighted by molar-refractivity contribution is 6.18. The monoisotopic (exact) mass is 364 g/mol. The molecule has 0 unspecified atom stereocenters. The Morgan fingerprint density at radius 3 is 2.04 bits per heavy atom. The maximum Gasteiger partial charge on any atom is 0.299 e. The zero-order valence-electron chi connectivity index (χ0n) is 12.1. The van der Waals surface area contributed by atoms with Gasteiger partial charge in [-0.2, -0.15) is 0 Å². The van der Waals surface area contributed by atoms with Crippen LogP contribution in [-0.2, 0) is 0 Å². The summed E-state index contributed by atoms with van der Waals surface area (Å²) >= 11 is 11.4. The molecule has 0 atom stereocenters. The molecule has 1 aromatic rings. The number of rotatable bonds is 8. The van der Waals surface area contributed by atoms with Gasteiger partial charge in [0, 0.05) is 31.9 Å². The van der Waals surface area contributed by atoms with Crippen molar-refractivity contribution >= 4 is 46.2 Å². The molecule has 0 aliphatic rings. The van der Waals surface area contributed by atoms with Crippen LogP contribution < -0.4 is 10.2 Å². The molecule has 23 heavy (non-hydrogen) atoms. The van der Waals surface area contributed by atoms with Crippen molar-refractivity contribution < 1.29 is 14.6 Å². The van der Waals surface area contributed by atoms with Crippen LogP contribution >= 0.6 is 23.2 Å². The van der Waals surface area contributed by atoms with Crippen molar-refractivity contribution in [1.82, 2.24) is 5.32 Å². The molecule has 0 aliphatic heterocycles. The van der Waals surface area contributed by atoms with E-state index in [-0.39, 0.29) is 36.1 Å². The minimum atomic E-state index is -0.839. The zero-order valence-corrected chi connectivity index (χ0v) is 13.6. The van der Waals surface area contributed by atoms with Gasteiger partial charge in [-0.15, -0.1) is 23.2 Å². The number of nitrogens with one attached hydrogen (secondary N) is 1. The third-order valence-electron chi connectivity index (χ3n) is 3.01. The van der Waals surface area contributed by atoms with Crippen LogP contribution in [0.4, 0.5) is 17.1 Å².